The highest BCUT2D eigenvalue weighted by Crippen LogP contribution is 2.43. The summed E-state index contributed by atoms with van der Waals surface area (Å²) in [7, 11) is 0. The van der Waals surface area contributed by atoms with Crippen LogP contribution in [-0.2, 0) is 9.53 Å². The van der Waals surface area contributed by atoms with Gasteiger partial charge in [-0.15, -0.1) is 0 Å². The largest absolute Gasteiger partial charge is 0.457 e. The Balaban J connectivity index is 2.01. The van der Waals surface area contributed by atoms with E-state index >= 15 is 0 Å². The van der Waals surface area contributed by atoms with Crippen LogP contribution in [0.25, 0.3) is 0 Å². The van der Waals surface area contributed by atoms with Crippen LogP contribution in [-0.4, -0.2) is 11.6 Å². The average molecular weight is 363 g/mol. The second kappa shape index (κ2) is 8.54. The molecule has 0 N–H and O–H groups in total. The van der Waals surface area contributed by atoms with Gasteiger partial charge in [-0.3, -0.25) is 4.79 Å². The normalized spacial score (nSPS) is 22.7. The van der Waals surface area contributed by atoms with Gasteiger partial charge in [-0.05, 0) is 50.0 Å². The van der Waals surface area contributed by atoms with E-state index in [9.17, 15) is 9.18 Å². The molecule has 0 heterocycles. The fourth-order valence-electron chi connectivity index (χ4n) is 4.26. The van der Waals surface area contributed by atoms with Gasteiger partial charge in [0, 0.05) is 5.41 Å². The van der Waals surface area contributed by atoms with E-state index in [1.165, 1.54) is 0 Å². The molecular formula is C23H35FO2. The van der Waals surface area contributed by atoms with Gasteiger partial charge in [0.15, 0.2) is 0 Å². The van der Waals surface area contributed by atoms with E-state index in [1.807, 2.05) is 44.2 Å². The van der Waals surface area contributed by atoms with Crippen LogP contribution in [0.15, 0.2) is 30.3 Å². The van der Waals surface area contributed by atoms with Gasteiger partial charge in [0.1, 0.15) is 11.8 Å². The first-order valence-corrected chi connectivity index (χ1v) is 10.2. The number of carbonyl (C=O) groups excluding carboxylic acids is 1. The van der Waals surface area contributed by atoms with Gasteiger partial charge in [0.25, 0.3) is 0 Å². The predicted octanol–water partition coefficient (Wildman–Crippen LogP) is 6.65. The van der Waals surface area contributed by atoms with Crippen molar-refractivity contribution in [3.05, 3.63) is 35.9 Å². The third kappa shape index (κ3) is 4.86. The van der Waals surface area contributed by atoms with Crippen molar-refractivity contribution in [2.75, 3.05) is 0 Å². The Labute approximate surface area is 158 Å². The number of esters is 1. The zero-order valence-electron chi connectivity index (χ0n) is 17.1. The molecular weight excluding hydrogens is 327 g/mol. The summed E-state index contributed by atoms with van der Waals surface area (Å²) in [5, 5.41) is 0. The molecule has 2 nitrogen and oxygen atoms in total. The Morgan fingerprint density at radius 2 is 1.62 bits per heavy atom. The van der Waals surface area contributed by atoms with Gasteiger partial charge in [0.05, 0.1) is 5.92 Å². The Kier molecular flexibility index (Phi) is 6.87. The van der Waals surface area contributed by atoms with Crippen LogP contribution < -0.4 is 0 Å². The van der Waals surface area contributed by atoms with Gasteiger partial charge in [-0.1, -0.05) is 65.0 Å². The average Bonchev–Trinajstić information content (AvgIpc) is 2.65. The van der Waals surface area contributed by atoms with E-state index < -0.39 is 5.67 Å². The lowest BCUT2D eigenvalue weighted by Crippen LogP contribution is -2.37. The first kappa shape index (κ1) is 20.9. The zero-order valence-corrected chi connectivity index (χ0v) is 17.1. The smallest absolute Gasteiger partial charge is 0.309 e. The Morgan fingerprint density at radius 1 is 1.08 bits per heavy atom. The lowest BCUT2D eigenvalue weighted by molar-refractivity contribution is -0.162. The van der Waals surface area contributed by atoms with Gasteiger partial charge >= 0.3 is 5.97 Å². The number of rotatable bonds is 6. The fraction of sp³-hybridized carbons (Fsp3) is 0.696. The van der Waals surface area contributed by atoms with Crippen molar-refractivity contribution >= 4 is 5.97 Å². The Hall–Kier alpha value is -1.38. The molecule has 0 aromatic heterocycles. The quantitative estimate of drug-likeness (QED) is 0.529. The summed E-state index contributed by atoms with van der Waals surface area (Å²) in [6, 6.07) is 9.95. The summed E-state index contributed by atoms with van der Waals surface area (Å²) in [6.45, 7) is 10.1. The molecule has 1 aromatic rings. The minimum atomic E-state index is -1.08. The maximum Gasteiger partial charge on any atom is 0.309 e. The molecule has 0 spiro atoms. The molecule has 0 unspecified atom stereocenters. The van der Waals surface area contributed by atoms with Gasteiger partial charge in [-0.2, -0.15) is 0 Å². The summed E-state index contributed by atoms with van der Waals surface area (Å²) in [4.78, 5) is 12.8. The van der Waals surface area contributed by atoms with Crippen LogP contribution in [0.4, 0.5) is 4.39 Å². The van der Waals surface area contributed by atoms with E-state index in [0.717, 1.165) is 31.2 Å². The number of ether oxygens (including phenoxy) is 1. The summed E-state index contributed by atoms with van der Waals surface area (Å²) < 4.78 is 20.9. The van der Waals surface area contributed by atoms with Crippen molar-refractivity contribution in [1.82, 2.24) is 0 Å². The van der Waals surface area contributed by atoms with E-state index in [2.05, 4.69) is 20.8 Å². The predicted molar refractivity (Wildman–Crippen MR) is 105 cm³/mol. The molecule has 0 radical (unpaired) electrons. The number of benzene rings is 1. The van der Waals surface area contributed by atoms with E-state index in [-0.39, 0.29) is 29.3 Å². The molecule has 1 aromatic carbocycles. The molecule has 1 atom stereocenters. The second-order valence-corrected chi connectivity index (χ2v) is 8.88. The zero-order chi connectivity index (χ0) is 19.4. The Morgan fingerprint density at radius 3 is 2.08 bits per heavy atom. The lowest BCUT2D eigenvalue weighted by atomic mass is 9.72. The molecule has 0 bridgehead atoms. The van der Waals surface area contributed by atoms with E-state index in [4.69, 9.17) is 4.74 Å². The van der Waals surface area contributed by atoms with Crippen molar-refractivity contribution in [2.24, 2.45) is 17.3 Å². The van der Waals surface area contributed by atoms with Crippen molar-refractivity contribution in [3.63, 3.8) is 0 Å². The lowest BCUT2D eigenvalue weighted by Gasteiger charge is -2.38. The van der Waals surface area contributed by atoms with Crippen LogP contribution in [0.1, 0.15) is 84.8 Å². The summed E-state index contributed by atoms with van der Waals surface area (Å²) in [5.41, 5.74) is -0.221. The summed E-state index contributed by atoms with van der Waals surface area (Å²) in [5.74, 6) is -0.142. The van der Waals surface area contributed by atoms with Crippen molar-refractivity contribution in [1.29, 1.82) is 0 Å². The standard InChI is InChI=1S/C23H35FO2/c1-6-23(24,7-2)19-15-13-18(14-16-19)21(25)26-20(22(3,4)5)17-11-9-8-10-12-17/h8-12,18-20H,6-7,13-16H2,1-5H3/t18?,19?,20-/m1/s1. The first-order chi connectivity index (χ1) is 12.2. The third-order valence-electron chi connectivity index (χ3n) is 6.09. The monoisotopic (exact) mass is 362 g/mol. The maximum atomic E-state index is 14.9. The molecule has 146 valence electrons. The molecule has 1 aliphatic rings. The number of alkyl halides is 1. The van der Waals surface area contributed by atoms with Crippen molar-refractivity contribution in [2.45, 2.75) is 84.9 Å². The number of hydrogen-bond donors (Lipinski definition) is 0. The third-order valence-corrected chi connectivity index (χ3v) is 6.09. The summed E-state index contributed by atoms with van der Waals surface area (Å²) >= 11 is 0. The molecule has 1 saturated carbocycles. The minimum absolute atomic E-state index is 0.0779. The molecule has 26 heavy (non-hydrogen) atoms. The number of carbonyl (C=O) groups is 1. The number of halogens is 1. The first-order valence-electron chi connectivity index (χ1n) is 10.2. The van der Waals surface area contributed by atoms with Crippen LogP contribution in [0.5, 0.6) is 0 Å². The highest BCUT2D eigenvalue weighted by molar-refractivity contribution is 5.73. The van der Waals surface area contributed by atoms with Gasteiger partial charge in [-0.25, -0.2) is 4.39 Å². The molecule has 1 aliphatic carbocycles. The van der Waals surface area contributed by atoms with Crippen LogP contribution in [0.2, 0.25) is 0 Å². The van der Waals surface area contributed by atoms with E-state index in [1.54, 1.807) is 0 Å². The Bertz CT molecular complexity index is 564. The second-order valence-electron chi connectivity index (χ2n) is 8.88. The van der Waals surface area contributed by atoms with Crippen LogP contribution >= 0.6 is 0 Å². The van der Waals surface area contributed by atoms with Crippen molar-refractivity contribution < 1.29 is 13.9 Å². The minimum Gasteiger partial charge on any atom is -0.457 e. The van der Waals surface area contributed by atoms with Gasteiger partial charge < -0.3 is 4.74 Å². The molecule has 0 aliphatic heterocycles. The molecule has 2 rings (SSSR count). The highest BCUT2D eigenvalue weighted by atomic mass is 19.1. The maximum absolute atomic E-state index is 14.9. The molecule has 1 fully saturated rings. The molecule has 0 saturated heterocycles. The van der Waals surface area contributed by atoms with Crippen LogP contribution in [0.3, 0.4) is 0 Å². The van der Waals surface area contributed by atoms with Crippen molar-refractivity contribution in [3.8, 4) is 0 Å². The number of hydrogen-bond acceptors (Lipinski definition) is 2. The molecule has 0 amide bonds. The van der Waals surface area contributed by atoms with Gasteiger partial charge in [0.2, 0.25) is 0 Å². The topological polar surface area (TPSA) is 26.3 Å². The highest BCUT2D eigenvalue weighted by Gasteiger charge is 2.40. The fourth-order valence-corrected chi connectivity index (χ4v) is 4.26. The molecule has 3 heteroatoms. The van der Waals surface area contributed by atoms with E-state index in [0.29, 0.717) is 12.8 Å². The van der Waals surface area contributed by atoms with Crippen LogP contribution in [0, 0.1) is 17.3 Å². The summed E-state index contributed by atoms with van der Waals surface area (Å²) in [6.07, 6.45) is 3.89. The SMILES string of the molecule is CCC(F)(CC)C1CCC(C(=O)O[C@H](c2ccccc2)C(C)(C)C)CC1.